The SMILES string of the molecule is CC/C=C\C/C=C\CCCCCCCC(=O)OCC(COC(=O)CCCCCCC/C=C\CCCCCCCCC)OC(=O)CC/C=C\C/C=C\CCCCCCCC. The second kappa shape index (κ2) is 47.8. The molecule has 340 valence electrons. The van der Waals surface area contributed by atoms with Gasteiger partial charge in [-0.05, 0) is 89.9 Å². The summed E-state index contributed by atoms with van der Waals surface area (Å²) in [7, 11) is 0. The molecule has 0 N–H and O–H groups in total. The summed E-state index contributed by atoms with van der Waals surface area (Å²) in [6, 6.07) is 0. The first-order chi connectivity index (χ1) is 29.0. The van der Waals surface area contributed by atoms with Gasteiger partial charge in [-0.15, -0.1) is 0 Å². The van der Waals surface area contributed by atoms with Crippen LogP contribution in [0.15, 0.2) is 60.8 Å². The lowest BCUT2D eigenvalue weighted by Crippen LogP contribution is -2.30. The fourth-order valence-electron chi connectivity index (χ4n) is 6.76. The van der Waals surface area contributed by atoms with Crippen LogP contribution in [0.25, 0.3) is 0 Å². The lowest BCUT2D eigenvalue weighted by Gasteiger charge is -2.18. The van der Waals surface area contributed by atoms with Gasteiger partial charge in [0.05, 0.1) is 0 Å². The minimum absolute atomic E-state index is 0.106. The van der Waals surface area contributed by atoms with Crippen LogP contribution in [-0.4, -0.2) is 37.2 Å². The maximum absolute atomic E-state index is 12.7. The molecule has 0 saturated carbocycles. The predicted molar refractivity (Wildman–Crippen MR) is 251 cm³/mol. The van der Waals surface area contributed by atoms with Crippen molar-refractivity contribution >= 4 is 17.9 Å². The van der Waals surface area contributed by atoms with Crippen LogP contribution >= 0.6 is 0 Å². The Bertz CT molecular complexity index is 1090. The fraction of sp³-hybridized carbons (Fsp3) is 0.755. The Labute approximate surface area is 364 Å². The van der Waals surface area contributed by atoms with Crippen LogP contribution in [0.2, 0.25) is 0 Å². The zero-order valence-corrected chi connectivity index (χ0v) is 38.8. The Balaban J connectivity index is 4.45. The zero-order valence-electron chi connectivity index (χ0n) is 38.8. The van der Waals surface area contributed by atoms with Crippen molar-refractivity contribution in [2.24, 2.45) is 0 Å². The first-order valence-corrected chi connectivity index (χ1v) is 24.8. The number of carbonyl (C=O) groups excluding carboxylic acids is 3. The highest BCUT2D eigenvalue weighted by Crippen LogP contribution is 2.13. The Morgan fingerprint density at radius 3 is 1.10 bits per heavy atom. The van der Waals surface area contributed by atoms with Gasteiger partial charge >= 0.3 is 17.9 Å². The van der Waals surface area contributed by atoms with Gasteiger partial charge in [-0.25, -0.2) is 0 Å². The van der Waals surface area contributed by atoms with Crippen LogP contribution in [0.5, 0.6) is 0 Å². The summed E-state index contributed by atoms with van der Waals surface area (Å²) >= 11 is 0. The number of unbranched alkanes of at least 4 members (excludes halogenated alkanes) is 23. The van der Waals surface area contributed by atoms with Gasteiger partial charge in [-0.3, -0.25) is 14.4 Å². The monoisotopic (exact) mass is 825 g/mol. The summed E-state index contributed by atoms with van der Waals surface area (Å²) in [6.45, 7) is 6.44. The number of ether oxygens (including phenoxy) is 3. The van der Waals surface area contributed by atoms with Gasteiger partial charge in [0.1, 0.15) is 13.2 Å². The smallest absolute Gasteiger partial charge is 0.306 e. The molecule has 0 bridgehead atoms. The van der Waals surface area contributed by atoms with E-state index < -0.39 is 6.10 Å². The molecular weight excluding hydrogens is 733 g/mol. The van der Waals surface area contributed by atoms with Crippen molar-refractivity contribution in [3.05, 3.63) is 60.8 Å². The van der Waals surface area contributed by atoms with Gasteiger partial charge in [-0.1, -0.05) is 191 Å². The van der Waals surface area contributed by atoms with Gasteiger partial charge in [0.15, 0.2) is 6.10 Å². The van der Waals surface area contributed by atoms with E-state index in [0.29, 0.717) is 19.3 Å². The standard InChI is InChI=1S/C53H92O6/c1-4-7-10-13-16-19-22-25-26-27-29-31-34-37-40-43-46-52(55)58-49-50(48-57-51(54)45-42-39-36-33-30-24-21-18-15-12-9-6-3)59-53(56)47-44-41-38-35-32-28-23-20-17-14-11-8-5-2/h9,12,18,21,26-28,32,38,41,50H,4-8,10-11,13-17,19-20,22-25,29-31,33-37,39-40,42-49H2,1-3H3/b12-9-,21-18-,27-26-,32-28-,41-38-. The van der Waals surface area contributed by atoms with E-state index in [9.17, 15) is 14.4 Å². The lowest BCUT2D eigenvalue weighted by atomic mass is 10.1. The molecule has 0 radical (unpaired) electrons. The largest absolute Gasteiger partial charge is 0.462 e. The van der Waals surface area contributed by atoms with Crippen molar-refractivity contribution in [3.63, 3.8) is 0 Å². The number of esters is 3. The summed E-state index contributed by atoms with van der Waals surface area (Å²) < 4.78 is 16.7. The maximum atomic E-state index is 12.7. The summed E-state index contributed by atoms with van der Waals surface area (Å²) in [6.07, 6.45) is 57.9. The molecule has 6 nitrogen and oxygen atoms in total. The third kappa shape index (κ3) is 46.0. The quantitative estimate of drug-likeness (QED) is 0.0263. The molecule has 1 unspecified atom stereocenters. The van der Waals surface area contributed by atoms with Gasteiger partial charge in [0.25, 0.3) is 0 Å². The van der Waals surface area contributed by atoms with Crippen LogP contribution < -0.4 is 0 Å². The van der Waals surface area contributed by atoms with E-state index in [4.69, 9.17) is 14.2 Å². The molecule has 0 rings (SSSR count). The molecule has 0 amide bonds. The molecule has 0 aliphatic heterocycles. The number of carbonyl (C=O) groups is 3. The summed E-state index contributed by atoms with van der Waals surface area (Å²) in [4.78, 5) is 37.8. The third-order valence-electron chi connectivity index (χ3n) is 10.5. The van der Waals surface area contributed by atoms with Crippen molar-refractivity contribution in [1.29, 1.82) is 0 Å². The minimum Gasteiger partial charge on any atom is -0.462 e. The Morgan fingerprint density at radius 1 is 0.356 bits per heavy atom. The zero-order chi connectivity index (χ0) is 43.0. The fourth-order valence-corrected chi connectivity index (χ4v) is 6.76. The molecule has 59 heavy (non-hydrogen) atoms. The molecule has 0 aliphatic carbocycles. The van der Waals surface area contributed by atoms with E-state index in [0.717, 1.165) is 89.9 Å². The number of allylic oxidation sites excluding steroid dienone is 10. The molecule has 0 aromatic carbocycles. The maximum Gasteiger partial charge on any atom is 0.306 e. The topological polar surface area (TPSA) is 78.9 Å². The molecule has 0 saturated heterocycles. The van der Waals surface area contributed by atoms with Crippen LogP contribution in [0.1, 0.15) is 239 Å². The average Bonchev–Trinajstić information content (AvgIpc) is 3.23. The van der Waals surface area contributed by atoms with E-state index in [1.807, 2.05) is 6.08 Å². The summed E-state index contributed by atoms with van der Waals surface area (Å²) in [5.74, 6) is -0.996. The van der Waals surface area contributed by atoms with E-state index >= 15 is 0 Å². The van der Waals surface area contributed by atoms with Gasteiger partial charge in [0, 0.05) is 19.3 Å². The first kappa shape index (κ1) is 56.1. The van der Waals surface area contributed by atoms with E-state index in [1.54, 1.807) is 0 Å². The molecule has 0 heterocycles. The Hall–Kier alpha value is -2.89. The van der Waals surface area contributed by atoms with Gasteiger partial charge < -0.3 is 14.2 Å². The average molecular weight is 825 g/mol. The highest BCUT2D eigenvalue weighted by atomic mass is 16.6. The summed E-state index contributed by atoms with van der Waals surface area (Å²) in [5, 5.41) is 0. The first-order valence-electron chi connectivity index (χ1n) is 24.8. The Kier molecular flexibility index (Phi) is 45.4. The summed E-state index contributed by atoms with van der Waals surface area (Å²) in [5.41, 5.74) is 0. The Morgan fingerprint density at radius 2 is 0.695 bits per heavy atom. The van der Waals surface area contributed by atoms with Crippen LogP contribution in [0.4, 0.5) is 0 Å². The van der Waals surface area contributed by atoms with E-state index in [-0.39, 0.29) is 37.5 Å². The van der Waals surface area contributed by atoms with Crippen LogP contribution in [0.3, 0.4) is 0 Å². The second-order valence-electron chi connectivity index (χ2n) is 16.3. The lowest BCUT2D eigenvalue weighted by molar-refractivity contribution is -0.166. The molecular formula is C53H92O6. The predicted octanol–water partition coefficient (Wildman–Crippen LogP) is 16.1. The van der Waals surface area contributed by atoms with Crippen molar-refractivity contribution in [2.45, 2.75) is 245 Å². The second-order valence-corrected chi connectivity index (χ2v) is 16.3. The van der Waals surface area contributed by atoms with E-state index in [2.05, 4.69) is 75.5 Å². The van der Waals surface area contributed by atoms with E-state index in [1.165, 1.54) is 103 Å². The minimum atomic E-state index is -0.811. The van der Waals surface area contributed by atoms with Crippen molar-refractivity contribution in [1.82, 2.24) is 0 Å². The third-order valence-corrected chi connectivity index (χ3v) is 10.5. The highest BCUT2D eigenvalue weighted by Gasteiger charge is 2.19. The van der Waals surface area contributed by atoms with Crippen LogP contribution in [0, 0.1) is 0 Å². The van der Waals surface area contributed by atoms with Crippen molar-refractivity contribution in [2.75, 3.05) is 13.2 Å². The molecule has 0 spiro atoms. The number of rotatable bonds is 44. The molecule has 0 aromatic rings. The highest BCUT2D eigenvalue weighted by molar-refractivity contribution is 5.71. The van der Waals surface area contributed by atoms with Crippen LogP contribution in [-0.2, 0) is 28.6 Å². The molecule has 6 heteroatoms. The number of hydrogen-bond acceptors (Lipinski definition) is 6. The number of hydrogen-bond donors (Lipinski definition) is 0. The van der Waals surface area contributed by atoms with Crippen molar-refractivity contribution in [3.8, 4) is 0 Å². The molecule has 0 aliphatic rings. The van der Waals surface area contributed by atoms with Crippen molar-refractivity contribution < 1.29 is 28.6 Å². The molecule has 1 atom stereocenters. The molecule has 0 aromatic heterocycles. The molecule has 0 fully saturated rings. The normalized spacial score (nSPS) is 12.5. The van der Waals surface area contributed by atoms with Gasteiger partial charge in [0.2, 0.25) is 0 Å². The van der Waals surface area contributed by atoms with Gasteiger partial charge in [-0.2, -0.15) is 0 Å².